The van der Waals surface area contributed by atoms with Crippen molar-refractivity contribution in [1.29, 1.82) is 0 Å². The van der Waals surface area contributed by atoms with E-state index < -0.39 is 24.4 Å². The Morgan fingerprint density at radius 1 is 0.488 bits per heavy atom. The standard InChI is InChI=1S/C37H42O6/c38-23-13-22-33-35(40-25-30-16-7-2-8-17-30)37(42-27-32-20-11-4-12-21-32)36(41-26-31-18-9-3-10-19-31)34(43-33)28-39-24-29-14-5-1-6-15-29/h1-12,14-21,33-38H,13,22-28H2/t33-,34-,35-,36-,37-/m1/s1. The van der Waals surface area contributed by atoms with Crippen LogP contribution in [0, 0.1) is 0 Å². The van der Waals surface area contributed by atoms with Gasteiger partial charge in [-0.3, -0.25) is 0 Å². The maximum absolute atomic E-state index is 9.73. The summed E-state index contributed by atoms with van der Waals surface area (Å²) in [5.74, 6) is 0. The lowest BCUT2D eigenvalue weighted by atomic mass is 9.91. The van der Waals surface area contributed by atoms with E-state index in [0.29, 0.717) is 45.9 Å². The fourth-order valence-corrected chi connectivity index (χ4v) is 5.41. The van der Waals surface area contributed by atoms with Gasteiger partial charge < -0.3 is 28.8 Å². The molecule has 1 aliphatic heterocycles. The van der Waals surface area contributed by atoms with Crippen molar-refractivity contribution in [2.24, 2.45) is 0 Å². The van der Waals surface area contributed by atoms with Crippen LogP contribution < -0.4 is 0 Å². The second-order valence-corrected chi connectivity index (χ2v) is 10.9. The molecule has 5 rings (SSSR count). The molecule has 1 fully saturated rings. The summed E-state index contributed by atoms with van der Waals surface area (Å²) < 4.78 is 33.0. The van der Waals surface area contributed by atoms with E-state index in [-0.39, 0.29) is 12.7 Å². The van der Waals surface area contributed by atoms with Crippen LogP contribution in [0.2, 0.25) is 0 Å². The molecule has 0 radical (unpaired) electrons. The van der Waals surface area contributed by atoms with Crippen molar-refractivity contribution in [3.8, 4) is 0 Å². The van der Waals surface area contributed by atoms with Crippen molar-refractivity contribution in [3.05, 3.63) is 144 Å². The van der Waals surface area contributed by atoms with Gasteiger partial charge in [0, 0.05) is 6.61 Å². The first-order valence-corrected chi connectivity index (χ1v) is 15.1. The number of aliphatic hydroxyl groups is 1. The third-order valence-electron chi connectivity index (χ3n) is 7.63. The molecule has 0 unspecified atom stereocenters. The van der Waals surface area contributed by atoms with Crippen LogP contribution in [0.1, 0.15) is 35.1 Å². The predicted molar refractivity (Wildman–Crippen MR) is 166 cm³/mol. The minimum atomic E-state index is -0.453. The molecule has 0 saturated carbocycles. The number of ether oxygens (including phenoxy) is 5. The SMILES string of the molecule is OCCC[C@H]1O[C@H](COCc2ccccc2)[C@@H](OCc2ccccc2)[C@H](OCc2ccccc2)[C@@H]1OCc1ccccc1. The highest BCUT2D eigenvalue weighted by Gasteiger charge is 2.48. The molecule has 4 aromatic carbocycles. The molecule has 4 aromatic rings. The number of aliphatic hydroxyl groups excluding tert-OH is 1. The van der Waals surface area contributed by atoms with E-state index in [1.165, 1.54) is 0 Å². The van der Waals surface area contributed by atoms with Gasteiger partial charge in [-0.1, -0.05) is 121 Å². The first kappa shape index (κ1) is 31.1. The summed E-state index contributed by atoms with van der Waals surface area (Å²) in [7, 11) is 0. The zero-order valence-corrected chi connectivity index (χ0v) is 24.6. The van der Waals surface area contributed by atoms with Gasteiger partial charge in [0.15, 0.2) is 0 Å². The van der Waals surface area contributed by atoms with Gasteiger partial charge in [0.1, 0.15) is 24.4 Å². The third-order valence-corrected chi connectivity index (χ3v) is 7.63. The van der Waals surface area contributed by atoms with E-state index in [0.717, 1.165) is 22.3 Å². The number of hydrogen-bond donors (Lipinski definition) is 1. The molecular weight excluding hydrogens is 540 g/mol. The molecule has 43 heavy (non-hydrogen) atoms. The number of rotatable bonds is 16. The average Bonchev–Trinajstić information content (AvgIpc) is 3.07. The van der Waals surface area contributed by atoms with Gasteiger partial charge in [-0.05, 0) is 35.1 Å². The molecule has 0 amide bonds. The van der Waals surface area contributed by atoms with Crippen LogP contribution >= 0.6 is 0 Å². The summed E-state index contributed by atoms with van der Waals surface area (Å²) >= 11 is 0. The van der Waals surface area contributed by atoms with Crippen molar-refractivity contribution < 1.29 is 28.8 Å². The lowest BCUT2D eigenvalue weighted by Crippen LogP contribution is -2.61. The van der Waals surface area contributed by atoms with Gasteiger partial charge in [0.05, 0.1) is 39.1 Å². The molecule has 1 saturated heterocycles. The van der Waals surface area contributed by atoms with E-state index in [1.54, 1.807) is 0 Å². The summed E-state index contributed by atoms with van der Waals surface area (Å²) in [5.41, 5.74) is 4.30. The van der Waals surface area contributed by atoms with Crippen LogP contribution in [0.3, 0.4) is 0 Å². The molecule has 1 heterocycles. The molecule has 6 heteroatoms. The van der Waals surface area contributed by atoms with Crippen molar-refractivity contribution >= 4 is 0 Å². The Morgan fingerprint density at radius 3 is 1.33 bits per heavy atom. The Bertz CT molecular complexity index is 1290. The molecule has 0 aromatic heterocycles. The van der Waals surface area contributed by atoms with Gasteiger partial charge in [-0.15, -0.1) is 0 Å². The average molecular weight is 583 g/mol. The minimum Gasteiger partial charge on any atom is -0.396 e. The van der Waals surface area contributed by atoms with Gasteiger partial charge in [0.25, 0.3) is 0 Å². The van der Waals surface area contributed by atoms with Gasteiger partial charge in [-0.2, -0.15) is 0 Å². The maximum atomic E-state index is 9.73. The van der Waals surface area contributed by atoms with Gasteiger partial charge in [0.2, 0.25) is 0 Å². The third kappa shape index (κ3) is 9.57. The smallest absolute Gasteiger partial charge is 0.115 e. The summed E-state index contributed by atoms with van der Waals surface area (Å²) in [5, 5.41) is 9.73. The highest BCUT2D eigenvalue weighted by atomic mass is 16.6. The van der Waals surface area contributed by atoms with Gasteiger partial charge >= 0.3 is 0 Å². The van der Waals surface area contributed by atoms with Crippen LogP contribution in [0.25, 0.3) is 0 Å². The van der Waals surface area contributed by atoms with E-state index in [1.807, 2.05) is 84.9 Å². The largest absolute Gasteiger partial charge is 0.396 e. The first-order valence-electron chi connectivity index (χ1n) is 15.1. The zero-order valence-electron chi connectivity index (χ0n) is 24.6. The van der Waals surface area contributed by atoms with E-state index in [4.69, 9.17) is 23.7 Å². The highest BCUT2D eigenvalue weighted by molar-refractivity contribution is 5.16. The molecule has 0 bridgehead atoms. The Labute approximate surface area is 255 Å². The monoisotopic (exact) mass is 582 g/mol. The number of hydrogen-bond acceptors (Lipinski definition) is 6. The topological polar surface area (TPSA) is 66.4 Å². The summed E-state index contributed by atoms with van der Waals surface area (Å²) in [6.45, 7) is 2.10. The van der Waals surface area contributed by atoms with Crippen LogP contribution in [0.5, 0.6) is 0 Å². The van der Waals surface area contributed by atoms with Crippen LogP contribution in [0.4, 0.5) is 0 Å². The first-order chi connectivity index (χ1) is 21.3. The Morgan fingerprint density at radius 2 is 0.884 bits per heavy atom. The fraction of sp³-hybridized carbons (Fsp3) is 0.351. The normalized spacial score (nSPS) is 21.9. The minimum absolute atomic E-state index is 0.0733. The van der Waals surface area contributed by atoms with Crippen molar-refractivity contribution in [3.63, 3.8) is 0 Å². The molecule has 1 N–H and O–H groups in total. The van der Waals surface area contributed by atoms with E-state index in [9.17, 15) is 5.11 Å². The molecule has 5 atom stereocenters. The van der Waals surface area contributed by atoms with Crippen LogP contribution in [-0.2, 0) is 50.1 Å². The Kier molecular flexibility index (Phi) is 12.3. The van der Waals surface area contributed by atoms with Crippen molar-refractivity contribution in [2.75, 3.05) is 13.2 Å². The molecule has 0 spiro atoms. The van der Waals surface area contributed by atoms with Crippen LogP contribution in [0.15, 0.2) is 121 Å². The summed E-state index contributed by atoms with van der Waals surface area (Å²) in [6.07, 6.45) is -0.786. The molecule has 6 nitrogen and oxygen atoms in total. The predicted octanol–water partition coefficient (Wildman–Crippen LogP) is 6.50. The fourth-order valence-electron chi connectivity index (χ4n) is 5.41. The summed E-state index contributed by atoms with van der Waals surface area (Å²) in [4.78, 5) is 0. The molecule has 1 aliphatic rings. The lowest BCUT2D eigenvalue weighted by Gasteiger charge is -2.46. The second kappa shape index (κ2) is 17.1. The van der Waals surface area contributed by atoms with Crippen LogP contribution in [-0.4, -0.2) is 48.8 Å². The Balaban J connectivity index is 1.41. The maximum Gasteiger partial charge on any atom is 0.115 e. The molecule has 226 valence electrons. The quantitative estimate of drug-likeness (QED) is 0.163. The number of benzene rings is 4. The Hall–Kier alpha value is -3.36. The zero-order chi connectivity index (χ0) is 29.5. The van der Waals surface area contributed by atoms with E-state index >= 15 is 0 Å². The highest BCUT2D eigenvalue weighted by Crippen LogP contribution is 2.32. The van der Waals surface area contributed by atoms with Crippen molar-refractivity contribution in [2.45, 2.75) is 69.8 Å². The van der Waals surface area contributed by atoms with E-state index in [2.05, 4.69) is 36.4 Å². The van der Waals surface area contributed by atoms with Gasteiger partial charge in [-0.25, -0.2) is 0 Å². The molecule has 0 aliphatic carbocycles. The van der Waals surface area contributed by atoms with Crippen molar-refractivity contribution in [1.82, 2.24) is 0 Å². The molecular formula is C37H42O6. The summed E-state index contributed by atoms with van der Waals surface area (Å²) in [6, 6.07) is 40.5. The second-order valence-electron chi connectivity index (χ2n) is 10.9. The lowest BCUT2D eigenvalue weighted by molar-refractivity contribution is -0.273.